The van der Waals surface area contributed by atoms with Crippen molar-refractivity contribution >= 4 is 40.6 Å². The van der Waals surface area contributed by atoms with E-state index >= 15 is 0 Å². The van der Waals surface area contributed by atoms with Crippen LogP contribution in [0.2, 0.25) is 5.02 Å². The standard InChI is InChI=1S/C11H8ClNO2S/c1-13-10(14)9(16-11(13)15)6-7-4-2-3-5-8(7)12/h2-6H,1H3/b9-6-. The zero-order chi connectivity index (χ0) is 11.7. The first-order chi connectivity index (χ1) is 7.59. The van der Waals surface area contributed by atoms with Crippen molar-refractivity contribution < 1.29 is 9.59 Å². The highest BCUT2D eigenvalue weighted by Gasteiger charge is 2.31. The van der Waals surface area contributed by atoms with E-state index < -0.39 is 0 Å². The first kappa shape index (κ1) is 11.2. The van der Waals surface area contributed by atoms with Crippen LogP contribution in [0.25, 0.3) is 6.08 Å². The third-order valence-electron chi connectivity index (χ3n) is 2.18. The van der Waals surface area contributed by atoms with Crippen LogP contribution in [-0.4, -0.2) is 23.1 Å². The Balaban J connectivity index is 2.37. The zero-order valence-corrected chi connectivity index (χ0v) is 10.0. The number of imide groups is 1. The number of hydrogen-bond acceptors (Lipinski definition) is 3. The van der Waals surface area contributed by atoms with Crippen molar-refractivity contribution in [3.05, 3.63) is 39.8 Å². The lowest BCUT2D eigenvalue weighted by atomic mass is 10.2. The van der Waals surface area contributed by atoms with Crippen LogP contribution < -0.4 is 0 Å². The Morgan fingerprint density at radius 1 is 1.31 bits per heavy atom. The molecule has 0 radical (unpaired) electrons. The Kier molecular flexibility index (Phi) is 3.03. The molecule has 0 aliphatic carbocycles. The summed E-state index contributed by atoms with van der Waals surface area (Å²) in [7, 11) is 1.46. The van der Waals surface area contributed by atoms with E-state index in [0.717, 1.165) is 22.2 Å². The molecule has 1 aliphatic heterocycles. The quantitative estimate of drug-likeness (QED) is 0.722. The molecule has 0 saturated carbocycles. The van der Waals surface area contributed by atoms with Gasteiger partial charge < -0.3 is 0 Å². The molecule has 2 rings (SSSR count). The van der Waals surface area contributed by atoms with Gasteiger partial charge in [-0.3, -0.25) is 14.5 Å². The maximum absolute atomic E-state index is 11.6. The van der Waals surface area contributed by atoms with Crippen LogP contribution in [0.1, 0.15) is 5.56 Å². The third-order valence-corrected chi connectivity index (χ3v) is 3.48. The average Bonchev–Trinajstić information content (AvgIpc) is 2.50. The Bertz CT molecular complexity index is 499. The van der Waals surface area contributed by atoms with Crippen LogP contribution in [0.4, 0.5) is 4.79 Å². The summed E-state index contributed by atoms with van der Waals surface area (Å²) in [5.74, 6) is -0.282. The summed E-state index contributed by atoms with van der Waals surface area (Å²) in [6.07, 6.45) is 1.64. The predicted octanol–water partition coefficient (Wildman–Crippen LogP) is 3.01. The highest BCUT2D eigenvalue weighted by atomic mass is 35.5. The van der Waals surface area contributed by atoms with Crippen molar-refractivity contribution in [3.63, 3.8) is 0 Å². The first-order valence-corrected chi connectivity index (χ1v) is 5.75. The maximum atomic E-state index is 11.6. The predicted molar refractivity (Wildman–Crippen MR) is 65.2 cm³/mol. The largest absolute Gasteiger partial charge is 0.293 e. The number of amides is 2. The molecule has 3 nitrogen and oxygen atoms in total. The molecule has 0 unspecified atom stereocenters. The van der Waals surface area contributed by atoms with Gasteiger partial charge in [0.25, 0.3) is 11.1 Å². The Labute approximate surface area is 102 Å². The molecule has 1 fully saturated rings. The highest BCUT2D eigenvalue weighted by Crippen LogP contribution is 2.32. The van der Waals surface area contributed by atoms with Gasteiger partial charge in [-0.05, 0) is 29.5 Å². The number of rotatable bonds is 1. The number of nitrogens with zero attached hydrogens (tertiary/aromatic N) is 1. The molecule has 0 N–H and O–H groups in total. The van der Waals surface area contributed by atoms with Crippen molar-refractivity contribution in [2.45, 2.75) is 0 Å². The summed E-state index contributed by atoms with van der Waals surface area (Å²) in [6, 6.07) is 7.18. The van der Waals surface area contributed by atoms with Gasteiger partial charge in [-0.2, -0.15) is 0 Å². The summed E-state index contributed by atoms with van der Waals surface area (Å²) in [6.45, 7) is 0. The van der Waals surface area contributed by atoms with E-state index in [1.807, 2.05) is 12.1 Å². The summed E-state index contributed by atoms with van der Waals surface area (Å²) >= 11 is 6.88. The minimum atomic E-state index is -0.282. The number of halogens is 1. The minimum Gasteiger partial charge on any atom is -0.272 e. The van der Waals surface area contributed by atoms with Gasteiger partial charge in [0.2, 0.25) is 0 Å². The normalized spacial score (nSPS) is 18.6. The van der Waals surface area contributed by atoms with Crippen LogP contribution in [0.3, 0.4) is 0 Å². The number of benzene rings is 1. The van der Waals surface area contributed by atoms with Crippen LogP contribution >= 0.6 is 23.4 Å². The minimum absolute atomic E-state index is 0.261. The molecule has 2 amide bonds. The summed E-state index contributed by atoms with van der Waals surface area (Å²) in [5, 5.41) is 0.300. The van der Waals surface area contributed by atoms with Gasteiger partial charge in [-0.25, -0.2) is 0 Å². The molecule has 0 atom stereocenters. The molecular formula is C11H8ClNO2S. The van der Waals surface area contributed by atoms with E-state index in [2.05, 4.69) is 0 Å². The fourth-order valence-corrected chi connectivity index (χ4v) is 2.29. The second kappa shape index (κ2) is 4.31. The molecule has 1 aromatic rings. The van der Waals surface area contributed by atoms with Gasteiger partial charge in [-0.15, -0.1) is 0 Å². The molecule has 1 saturated heterocycles. The molecule has 82 valence electrons. The van der Waals surface area contributed by atoms with Crippen LogP contribution in [0, 0.1) is 0 Å². The number of likely N-dealkylation sites (N-methyl/N-ethyl adjacent to an activating group) is 1. The SMILES string of the molecule is CN1C(=O)S/C(=C\c2ccccc2Cl)C1=O. The highest BCUT2D eigenvalue weighted by molar-refractivity contribution is 8.18. The Morgan fingerprint density at radius 3 is 2.56 bits per heavy atom. The van der Waals surface area contributed by atoms with E-state index in [4.69, 9.17) is 11.6 Å². The fourth-order valence-electron chi connectivity index (χ4n) is 1.28. The average molecular weight is 254 g/mol. The molecule has 1 aliphatic rings. The molecule has 0 bridgehead atoms. The lowest BCUT2D eigenvalue weighted by molar-refractivity contribution is -0.121. The summed E-state index contributed by atoms with van der Waals surface area (Å²) in [4.78, 5) is 24.4. The van der Waals surface area contributed by atoms with Crippen molar-refractivity contribution in [1.29, 1.82) is 0 Å². The van der Waals surface area contributed by atoms with Crippen LogP contribution in [-0.2, 0) is 4.79 Å². The van der Waals surface area contributed by atoms with Crippen molar-refractivity contribution in [3.8, 4) is 0 Å². The summed E-state index contributed by atoms with van der Waals surface area (Å²) in [5.41, 5.74) is 0.739. The zero-order valence-electron chi connectivity index (χ0n) is 8.44. The molecule has 16 heavy (non-hydrogen) atoms. The molecule has 1 heterocycles. The Morgan fingerprint density at radius 2 is 2.00 bits per heavy atom. The Hall–Kier alpha value is -1.26. The number of carbonyl (C=O) groups is 2. The summed E-state index contributed by atoms with van der Waals surface area (Å²) < 4.78 is 0. The second-order valence-electron chi connectivity index (χ2n) is 3.26. The molecule has 0 aromatic heterocycles. The number of carbonyl (C=O) groups excluding carboxylic acids is 2. The monoisotopic (exact) mass is 253 g/mol. The lowest BCUT2D eigenvalue weighted by Crippen LogP contribution is -2.22. The molecule has 0 spiro atoms. The van der Waals surface area contributed by atoms with Crippen molar-refractivity contribution in [2.75, 3.05) is 7.05 Å². The van der Waals surface area contributed by atoms with Gasteiger partial charge >= 0.3 is 0 Å². The van der Waals surface area contributed by atoms with E-state index in [1.165, 1.54) is 7.05 Å². The first-order valence-electron chi connectivity index (χ1n) is 4.55. The van der Waals surface area contributed by atoms with Gasteiger partial charge in [0.1, 0.15) is 0 Å². The van der Waals surface area contributed by atoms with E-state index in [9.17, 15) is 9.59 Å². The molecule has 1 aromatic carbocycles. The van der Waals surface area contributed by atoms with Crippen molar-refractivity contribution in [1.82, 2.24) is 4.90 Å². The van der Waals surface area contributed by atoms with Gasteiger partial charge in [0.05, 0.1) is 4.91 Å². The lowest BCUT2D eigenvalue weighted by Gasteiger charge is -2.01. The van der Waals surface area contributed by atoms with Gasteiger partial charge in [-0.1, -0.05) is 29.8 Å². The topological polar surface area (TPSA) is 37.4 Å². The number of hydrogen-bond donors (Lipinski definition) is 0. The maximum Gasteiger partial charge on any atom is 0.293 e. The third kappa shape index (κ3) is 1.99. The van der Waals surface area contributed by atoms with Gasteiger partial charge in [0, 0.05) is 12.1 Å². The molecule has 5 heteroatoms. The van der Waals surface area contributed by atoms with Crippen LogP contribution in [0.5, 0.6) is 0 Å². The van der Waals surface area contributed by atoms with E-state index in [-0.39, 0.29) is 11.1 Å². The molecular weight excluding hydrogens is 246 g/mol. The smallest absolute Gasteiger partial charge is 0.272 e. The van der Waals surface area contributed by atoms with E-state index in [0.29, 0.717) is 9.93 Å². The van der Waals surface area contributed by atoms with Crippen molar-refractivity contribution in [2.24, 2.45) is 0 Å². The fraction of sp³-hybridized carbons (Fsp3) is 0.0909. The number of thioether (sulfide) groups is 1. The van der Waals surface area contributed by atoms with E-state index in [1.54, 1.807) is 18.2 Å². The second-order valence-corrected chi connectivity index (χ2v) is 4.66. The van der Waals surface area contributed by atoms with Gasteiger partial charge in [0.15, 0.2) is 0 Å². The van der Waals surface area contributed by atoms with Crippen LogP contribution in [0.15, 0.2) is 29.2 Å².